The standard InChI is InChI=1S/C17H35N/c1-6-7-8-16-11-15(13(2)3)9-10-17(16)12-18-14(4)5/h13-18H,6-12H2,1-5H3. The van der Waals surface area contributed by atoms with Crippen molar-refractivity contribution in [3.8, 4) is 0 Å². The summed E-state index contributed by atoms with van der Waals surface area (Å²) >= 11 is 0. The lowest BCUT2D eigenvalue weighted by molar-refractivity contribution is 0.134. The molecule has 0 aliphatic heterocycles. The minimum Gasteiger partial charge on any atom is -0.314 e. The quantitative estimate of drug-likeness (QED) is 0.683. The third kappa shape index (κ3) is 5.30. The highest BCUT2D eigenvalue weighted by Gasteiger charge is 2.31. The predicted molar refractivity (Wildman–Crippen MR) is 81.8 cm³/mol. The van der Waals surface area contributed by atoms with Gasteiger partial charge in [-0.3, -0.25) is 0 Å². The zero-order chi connectivity index (χ0) is 13.5. The topological polar surface area (TPSA) is 12.0 Å². The first-order valence-corrected chi connectivity index (χ1v) is 8.27. The molecule has 1 heteroatoms. The molecule has 0 heterocycles. The van der Waals surface area contributed by atoms with Gasteiger partial charge >= 0.3 is 0 Å². The van der Waals surface area contributed by atoms with Gasteiger partial charge < -0.3 is 5.32 Å². The molecule has 0 radical (unpaired) electrons. The van der Waals surface area contributed by atoms with E-state index in [-0.39, 0.29) is 0 Å². The van der Waals surface area contributed by atoms with Gasteiger partial charge in [0.25, 0.3) is 0 Å². The van der Waals surface area contributed by atoms with Crippen LogP contribution in [0.4, 0.5) is 0 Å². The Labute approximate surface area is 115 Å². The molecular weight excluding hydrogens is 218 g/mol. The first-order valence-electron chi connectivity index (χ1n) is 8.27. The lowest BCUT2D eigenvalue weighted by Crippen LogP contribution is -2.36. The van der Waals surface area contributed by atoms with Gasteiger partial charge in [-0.2, -0.15) is 0 Å². The molecule has 0 bridgehead atoms. The van der Waals surface area contributed by atoms with Gasteiger partial charge in [0.15, 0.2) is 0 Å². The van der Waals surface area contributed by atoms with Crippen molar-refractivity contribution in [3.05, 3.63) is 0 Å². The third-order valence-electron chi connectivity index (χ3n) is 4.84. The molecule has 108 valence electrons. The molecule has 0 spiro atoms. The largest absolute Gasteiger partial charge is 0.314 e. The zero-order valence-electron chi connectivity index (χ0n) is 13.3. The maximum absolute atomic E-state index is 3.67. The highest BCUT2D eigenvalue weighted by atomic mass is 14.9. The van der Waals surface area contributed by atoms with Gasteiger partial charge in [0.1, 0.15) is 0 Å². The Morgan fingerprint density at radius 3 is 2.33 bits per heavy atom. The van der Waals surface area contributed by atoms with E-state index in [0.29, 0.717) is 6.04 Å². The fourth-order valence-corrected chi connectivity index (χ4v) is 3.44. The first-order chi connectivity index (χ1) is 8.54. The Balaban J connectivity index is 2.48. The highest BCUT2D eigenvalue weighted by Crippen LogP contribution is 2.39. The second-order valence-electron chi connectivity index (χ2n) is 7.04. The monoisotopic (exact) mass is 253 g/mol. The molecule has 1 aliphatic carbocycles. The predicted octanol–water partition coefficient (Wildman–Crippen LogP) is 4.86. The van der Waals surface area contributed by atoms with Crippen LogP contribution in [0.25, 0.3) is 0 Å². The fourth-order valence-electron chi connectivity index (χ4n) is 3.44. The molecule has 3 unspecified atom stereocenters. The van der Waals surface area contributed by atoms with Crippen molar-refractivity contribution in [2.45, 2.75) is 79.2 Å². The number of unbranched alkanes of at least 4 members (excludes halogenated alkanes) is 1. The van der Waals surface area contributed by atoms with E-state index in [0.717, 1.165) is 23.7 Å². The van der Waals surface area contributed by atoms with Crippen LogP contribution < -0.4 is 5.32 Å². The van der Waals surface area contributed by atoms with Gasteiger partial charge in [0.2, 0.25) is 0 Å². The van der Waals surface area contributed by atoms with Crippen LogP contribution in [0.5, 0.6) is 0 Å². The van der Waals surface area contributed by atoms with Crippen molar-refractivity contribution in [1.29, 1.82) is 0 Å². The SMILES string of the molecule is CCCCC1CC(C(C)C)CCC1CNC(C)C. The summed E-state index contributed by atoms with van der Waals surface area (Å²) in [5.74, 6) is 3.79. The van der Waals surface area contributed by atoms with Crippen molar-refractivity contribution >= 4 is 0 Å². The molecule has 1 N–H and O–H groups in total. The highest BCUT2D eigenvalue weighted by molar-refractivity contribution is 4.83. The summed E-state index contributed by atoms with van der Waals surface area (Å²) < 4.78 is 0. The van der Waals surface area contributed by atoms with E-state index in [1.807, 2.05) is 0 Å². The average Bonchev–Trinajstić information content (AvgIpc) is 2.33. The number of hydrogen-bond donors (Lipinski definition) is 1. The van der Waals surface area contributed by atoms with Gasteiger partial charge in [-0.15, -0.1) is 0 Å². The van der Waals surface area contributed by atoms with Crippen LogP contribution in [0.1, 0.15) is 73.1 Å². The second kappa shape index (κ2) is 8.19. The van der Waals surface area contributed by atoms with Crippen LogP contribution >= 0.6 is 0 Å². The van der Waals surface area contributed by atoms with Gasteiger partial charge in [-0.1, -0.05) is 53.9 Å². The van der Waals surface area contributed by atoms with Crippen molar-refractivity contribution in [1.82, 2.24) is 5.32 Å². The molecule has 1 rings (SSSR count). The molecule has 3 atom stereocenters. The van der Waals surface area contributed by atoms with Crippen LogP contribution in [-0.4, -0.2) is 12.6 Å². The molecule has 0 aromatic carbocycles. The Hall–Kier alpha value is -0.0400. The van der Waals surface area contributed by atoms with Crippen LogP contribution in [0, 0.1) is 23.7 Å². The molecule has 1 fully saturated rings. The van der Waals surface area contributed by atoms with Gasteiger partial charge in [0, 0.05) is 6.04 Å². The van der Waals surface area contributed by atoms with E-state index in [1.54, 1.807) is 0 Å². The minimum atomic E-state index is 0.639. The summed E-state index contributed by atoms with van der Waals surface area (Å²) in [6.45, 7) is 12.9. The summed E-state index contributed by atoms with van der Waals surface area (Å²) in [5.41, 5.74) is 0. The Bertz CT molecular complexity index is 210. The van der Waals surface area contributed by atoms with Crippen molar-refractivity contribution in [2.75, 3.05) is 6.54 Å². The second-order valence-corrected chi connectivity index (χ2v) is 7.04. The molecule has 1 nitrogen and oxygen atoms in total. The molecule has 0 aromatic rings. The number of rotatable bonds is 7. The van der Waals surface area contributed by atoms with Crippen molar-refractivity contribution in [3.63, 3.8) is 0 Å². The molecule has 0 amide bonds. The number of nitrogens with one attached hydrogen (secondary N) is 1. The van der Waals surface area contributed by atoms with Crippen molar-refractivity contribution < 1.29 is 0 Å². The first kappa shape index (κ1) is 16.0. The Morgan fingerprint density at radius 2 is 1.78 bits per heavy atom. The fraction of sp³-hybridized carbons (Fsp3) is 1.00. The van der Waals surface area contributed by atoms with E-state index in [4.69, 9.17) is 0 Å². The smallest absolute Gasteiger partial charge is 0.00104 e. The average molecular weight is 253 g/mol. The molecular formula is C17H35N. The van der Waals surface area contributed by atoms with Crippen LogP contribution in [0.3, 0.4) is 0 Å². The summed E-state index contributed by atoms with van der Waals surface area (Å²) in [5, 5.41) is 3.67. The molecule has 1 aliphatic rings. The van der Waals surface area contributed by atoms with Gasteiger partial charge in [-0.25, -0.2) is 0 Å². The third-order valence-corrected chi connectivity index (χ3v) is 4.84. The molecule has 0 aromatic heterocycles. The summed E-state index contributed by atoms with van der Waals surface area (Å²) in [7, 11) is 0. The summed E-state index contributed by atoms with van der Waals surface area (Å²) in [6.07, 6.45) is 8.65. The lowest BCUT2D eigenvalue weighted by atomic mass is 9.69. The van der Waals surface area contributed by atoms with Crippen molar-refractivity contribution in [2.24, 2.45) is 23.7 Å². The molecule has 18 heavy (non-hydrogen) atoms. The van der Waals surface area contributed by atoms with Gasteiger partial charge in [-0.05, 0) is 49.5 Å². The molecule has 0 saturated heterocycles. The molecule has 1 saturated carbocycles. The van der Waals surface area contributed by atoms with E-state index in [1.165, 1.54) is 45.1 Å². The van der Waals surface area contributed by atoms with Crippen LogP contribution in [0.15, 0.2) is 0 Å². The normalized spacial score (nSPS) is 29.2. The van der Waals surface area contributed by atoms with E-state index < -0.39 is 0 Å². The van der Waals surface area contributed by atoms with Crippen LogP contribution in [-0.2, 0) is 0 Å². The maximum atomic E-state index is 3.67. The Kier molecular flexibility index (Phi) is 7.29. The minimum absolute atomic E-state index is 0.639. The zero-order valence-corrected chi connectivity index (χ0v) is 13.3. The van der Waals surface area contributed by atoms with E-state index >= 15 is 0 Å². The van der Waals surface area contributed by atoms with Crippen LogP contribution in [0.2, 0.25) is 0 Å². The Morgan fingerprint density at radius 1 is 1.06 bits per heavy atom. The van der Waals surface area contributed by atoms with E-state index in [2.05, 4.69) is 39.9 Å². The van der Waals surface area contributed by atoms with Gasteiger partial charge in [0.05, 0.1) is 0 Å². The summed E-state index contributed by atoms with van der Waals surface area (Å²) in [4.78, 5) is 0. The number of hydrogen-bond acceptors (Lipinski definition) is 1. The lowest BCUT2D eigenvalue weighted by Gasteiger charge is -2.38. The maximum Gasteiger partial charge on any atom is 0.00104 e. The van der Waals surface area contributed by atoms with E-state index in [9.17, 15) is 0 Å². The summed E-state index contributed by atoms with van der Waals surface area (Å²) in [6, 6.07) is 0.639.